The summed E-state index contributed by atoms with van der Waals surface area (Å²) in [6, 6.07) is -2.53. The molecule has 0 aliphatic carbocycles. The molecule has 0 bridgehead atoms. The van der Waals surface area contributed by atoms with Crippen molar-refractivity contribution in [3.8, 4) is 0 Å². The van der Waals surface area contributed by atoms with Gasteiger partial charge in [-0.2, -0.15) is 0 Å². The van der Waals surface area contributed by atoms with Crippen LogP contribution in [0.1, 0.15) is 323 Å². The van der Waals surface area contributed by atoms with E-state index in [2.05, 4.69) is 48.8 Å². The standard InChI is InChI=1S/C79H146N2O21/c1-4-6-8-10-12-14-15-16-17-18-19-20-21-22-23-24-25-26-27-28-29-30-31-32-33-34-35-36-37-38-39-40-41-42-43-45-47-49-51-53-66(89)81-60(61(86)52-50-48-46-44-13-11-9-7-5-2)58-97-76-71(93)70(92)73(65(57-84)99-76)100-77-72(94)75(69(91)64(56-83)98-77)102-79(78(95)96)54-62(87)67(80-59(3)85)74(101-79)68(90)63(88)55-82/h25-26,28-29,60-65,67-77,82-84,86-88,90-94H,4-24,27,30-58H2,1-3H3,(H,80,85)(H,81,89)(H,95,96)/b26-25-,29-28-. The summed E-state index contributed by atoms with van der Waals surface area (Å²) >= 11 is 0. The molecular formula is C79H146N2O21. The first-order valence-corrected chi connectivity index (χ1v) is 40.7. The largest absolute Gasteiger partial charge is 0.477 e. The number of amides is 2. The highest BCUT2D eigenvalue weighted by molar-refractivity contribution is 5.77. The van der Waals surface area contributed by atoms with Crippen LogP contribution in [0.15, 0.2) is 24.3 Å². The zero-order chi connectivity index (χ0) is 74.6. The Labute approximate surface area is 613 Å². The number of ether oxygens (including phenoxy) is 6. The highest BCUT2D eigenvalue weighted by Gasteiger charge is 2.60. The third-order valence-electron chi connectivity index (χ3n) is 20.7. The van der Waals surface area contributed by atoms with E-state index in [0.29, 0.717) is 19.3 Å². The number of nitrogens with one attached hydrogen (secondary N) is 2. The summed E-state index contributed by atoms with van der Waals surface area (Å²) < 4.78 is 34.8. The maximum atomic E-state index is 13.5. The van der Waals surface area contributed by atoms with Crippen molar-refractivity contribution in [3.05, 3.63) is 24.3 Å². The van der Waals surface area contributed by atoms with Crippen molar-refractivity contribution in [1.82, 2.24) is 10.6 Å². The van der Waals surface area contributed by atoms with Crippen molar-refractivity contribution in [1.29, 1.82) is 0 Å². The predicted octanol–water partition coefficient (Wildman–Crippen LogP) is 10.7. The topological polar surface area (TPSA) is 373 Å². The number of aliphatic hydroxyl groups excluding tert-OH is 11. The molecule has 2 amide bonds. The molecule has 3 rings (SSSR count). The summed E-state index contributed by atoms with van der Waals surface area (Å²) in [6.07, 6.45) is 35.4. The molecule has 23 heteroatoms. The summed E-state index contributed by atoms with van der Waals surface area (Å²) in [6.45, 7) is 2.19. The average Bonchev–Trinajstić information content (AvgIpc) is 0.756. The molecule has 0 aromatic carbocycles. The molecule has 3 aliphatic heterocycles. The molecule has 0 aromatic heterocycles. The van der Waals surface area contributed by atoms with E-state index in [1.807, 2.05) is 0 Å². The van der Waals surface area contributed by atoms with E-state index in [1.165, 1.54) is 212 Å². The average molecular weight is 1460 g/mol. The second-order valence-corrected chi connectivity index (χ2v) is 29.6. The number of allylic oxidation sites excluding steroid dienone is 4. The van der Waals surface area contributed by atoms with Crippen LogP contribution in [-0.4, -0.2) is 215 Å². The zero-order valence-electron chi connectivity index (χ0n) is 63.2. The molecule has 3 fully saturated rings. The van der Waals surface area contributed by atoms with Gasteiger partial charge >= 0.3 is 5.97 Å². The van der Waals surface area contributed by atoms with Gasteiger partial charge < -0.3 is 100 Å². The van der Waals surface area contributed by atoms with Crippen LogP contribution in [0.25, 0.3) is 0 Å². The van der Waals surface area contributed by atoms with Gasteiger partial charge in [0.05, 0.1) is 50.7 Å². The van der Waals surface area contributed by atoms with Gasteiger partial charge in [0.15, 0.2) is 12.6 Å². The Morgan fingerprint density at radius 1 is 0.510 bits per heavy atom. The van der Waals surface area contributed by atoms with Gasteiger partial charge in [0.2, 0.25) is 11.8 Å². The summed E-state index contributed by atoms with van der Waals surface area (Å²) in [5, 5.41) is 136. The molecule has 3 heterocycles. The van der Waals surface area contributed by atoms with Crippen LogP contribution < -0.4 is 10.6 Å². The first-order valence-electron chi connectivity index (χ1n) is 40.7. The normalized spacial score (nSPS) is 26.7. The van der Waals surface area contributed by atoms with Gasteiger partial charge in [-0.05, 0) is 44.9 Å². The monoisotopic (exact) mass is 1460 g/mol. The molecule has 102 heavy (non-hydrogen) atoms. The molecule has 0 spiro atoms. The van der Waals surface area contributed by atoms with Gasteiger partial charge in [-0.3, -0.25) is 9.59 Å². The Bertz CT molecular complexity index is 2130. The maximum absolute atomic E-state index is 13.5. The number of hydrogen-bond acceptors (Lipinski definition) is 20. The maximum Gasteiger partial charge on any atom is 0.364 e. The second-order valence-electron chi connectivity index (χ2n) is 29.6. The van der Waals surface area contributed by atoms with Gasteiger partial charge in [0.1, 0.15) is 67.1 Å². The Morgan fingerprint density at radius 2 is 0.941 bits per heavy atom. The van der Waals surface area contributed by atoms with Crippen molar-refractivity contribution in [2.75, 3.05) is 26.4 Å². The lowest BCUT2D eigenvalue weighted by Gasteiger charge is -2.50. The minimum Gasteiger partial charge on any atom is -0.477 e. The van der Waals surface area contributed by atoms with Gasteiger partial charge in [0.25, 0.3) is 5.79 Å². The molecule has 14 N–H and O–H groups in total. The van der Waals surface area contributed by atoms with E-state index >= 15 is 0 Å². The SMILES string of the molecule is CCCCCCCCCCCCCCCCC/C=C\C/C=C\CCCCCCCCCCCCCCCCCCCC(=O)NC(COC1OC(CO)C(OC2OC(CO)C(O)C(OC3(C(=O)O)CC(O)C(NC(C)=O)C(C(O)C(O)CO)O3)C2O)C(O)C1O)C(O)CCCCCCCCCCC. The second kappa shape index (κ2) is 58.3. The quantitative estimate of drug-likeness (QED) is 0.0199. The molecule has 0 saturated carbocycles. The number of carboxylic acid groups (broad SMARTS) is 1. The first kappa shape index (κ1) is 93.4. The number of hydrogen-bond donors (Lipinski definition) is 14. The van der Waals surface area contributed by atoms with Crippen molar-refractivity contribution < 1.29 is 104 Å². The molecule has 598 valence electrons. The van der Waals surface area contributed by atoms with Crippen LogP contribution >= 0.6 is 0 Å². The van der Waals surface area contributed by atoms with Crippen LogP contribution in [0.5, 0.6) is 0 Å². The van der Waals surface area contributed by atoms with Gasteiger partial charge in [-0.25, -0.2) is 4.79 Å². The van der Waals surface area contributed by atoms with E-state index in [-0.39, 0.29) is 18.9 Å². The third-order valence-corrected chi connectivity index (χ3v) is 20.7. The lowest BCUT2D eigenvalue weighted by molar-refractivity contribution is -0.386. The summed E-state index contributed by atoms with van der Waals surface area (Å²) in [5.74, 6) is -6.10. The number of aliphatic hydroxyl groups is 11. The Hall–Kier alpha value is -2.79. The minimum absolute atomic E-state index is 0.225. The predicted molar refractivity (Wildman–Crippen MR) is 394 cm³/mol. The highest BCUT2D eigenvalue weighted by Crippen LogP contribution is 2.39. The summed E-state index contributed by atoms with van der Waals surface area (Å²) in [4.78, 5) is 38.6. The fourth-order valence-electron chi connectivity index (χ4n) is 14.2. The van der Waals surface area contributed by atoms with Crippen LogP contribution in [0, 0.1) is 0 Å². The number of unbranched alkanes of at least 4 members (excludes halogenated alkanes) is 40. The van der Waals surface area contributed by atoms with Crippen molar-refractivity contribution in [3.63, 3.8) is 0 Å². The number of aliphatic carboxylic acids is 1. The van der Waals surface area contributed by atoms with Crippen LogP contribution in [0.3, 0.4) is 0 Å². The molecule has 3 saturated heterocycles. The van der Waals surface area contributed by atoms with Gasteiger partial charge in [-0.15, -0.1) is 0 Å². The first-order chi connectivity index (χ1) is 49.4. The van der Waals surface area contributed by atoms with Crippen LogP contribution in [0.4, 0.5) is 0 Å². The zero-order valence-corrected chi connectivity index (χ0v) is 63.2. The highest BCUT2D eigenvalue weighted by atomic mass is 16.8. The molecule has 3 aliphatic rings. The Balaban J connectivity index is 1.36. The Morgan fingerprint density at radius 3 is 1.37 bits per heavy atom. The fraction of sp³-hybridized carbons (Fsp3) is 0.911. The number of carbonyl (C=O) groups excluding carboxylic acids is 2. The minimum atomic E-state index is -3.08. The molecule has 18 atom stereocenters. The summed E-state index contributed by atoms with van der Waals surface area (Å²) in [7, 11) is 0. The van der Waals surface area contributed by atoms with E-state index in [9.17, 15) is 75.7 Å². The van der Waals surface area contributed by atoms with E-state index in [4.69, 9.17) is 28.4 Å². The lowest BCUT2D eigenvalue weighted by Crippen LogP contribution is -2.70. The van der Waals surface area contributed by atoms with Gasteiger partial charge in [-0.1, -0.05) is 282 Å². The lowest BCUT2D eigenvalue weighted by atomic mass is 9.88. The molecule has 23 nitrogen and oxygen atoms in total. The van der Waals surface area contributed by atoms with E-state index < -0.39 is 148 Å². The molecule has 18 unspecified atom stereocenters. The van der Waals surface area contributed by atoms with Crippen molar-refractivity contribution in [2.45, 2.75) is 432 Å². The van der Waals surface area contributed by atoms with Crippen molar-refractivity contribution >= 4 is 17.8 Å². The fourth-order valence-corrected chi connectivity index (χ4v) is 14.2. The van der Waals surface area contributed by atoms with E-state index in [0.717, 1.165) is 64.7 Å². The molecular weight excluding hydrogens is 1310 g/mol. The molecule has 0 aromatic rings. The number of carbonyl (C=O) groups is 3. The number of rotatable bonds is 64. The Kier molecular flexibility index (Phi) is 53.4. The smallest absolute Gasteiger partial charge is 0.364 e. The van der Waals surface area contributed by atoms with E-state index in [1.54, 1.807) is 0 Å². The van der Waals surface area contributed by atoms with Crippen molar-refractivity contribution in [2.24, 2.45) is 0 Å². The van der Waals surface area contributed by atoms with Gasteiger partial charge in [0, 0.05) is 19.8 Å². The van der Waals surface area contributed by atoms with Crippen LogP contribution in [-0.2, 0) is 42.8 Å². The summed E-state index contributed by atoms with van der Waals surface area (Å²) in [5.41, 5.74) is 0. The molecule has 0 radical (unpaired) electrons. The van der Waals surface area contributed by atoms with Crippen LogP contribution in [0.2, 0.25) is 0 Å². The third kappa shape index (κ3) is 38.3. The number of carboxylic acids is 1.